The van der Waals surface area contributed by atoms with Gasteiger partial charge in [0.2, 0.25) is 0 Å². The highest BCUT2D eigenvalue weighted by atomic mass is 32.1. The molecule has 19 heavy (non-hydrogen) atoms. The fraction of sp³-hybridized carbons (Fsp3) is 0.455. The molecule has 0 aromatic carbocycles. The van der Waals surface area contributed by atoms with Crippen LogP contribution in [0.15, 0.2) is 12.1 Å². The number of carbonyl (C=O) groups excluding carboxylic acids is 1. The molecule has 0 spiro atoms. The number of nitrogens with one attached hydrogen (secondary N) is 1. The Morgan fingerprint density at radius 3 is 2.68 bits per heavy atom. The maximum Gasteiger partial charge on any atom is 0.324 e. The minimum atomic E-state index is -0.990. The summed E-state index contributed by atoms with van der Waals surface area (Å²) >= 11 is 0.769. The van der Waals surface area contributed by atoms with Crippen LogP contribution in [0.3, 0.4) is 0 Å². The minimum Gasteiger partial charge on any atom is -0.481 e. The van der Waals surface area contributed by atoms with E-state index in [-0.39, 0.29) is 16.3 Å². The zero-order valence-corrected chi connectivity index (χ0v) is 11.1. The second kappa shape index (κ2) is 6.83. The highest BCUT2D eigenvalue weighted by Gasteiger charge is 2.19. The van der Waals surface area contributed by atoms with Crippen molar-refractivity contribution in [3.8, 4) is 0 Å². The van der Waals surface area contributed by atoms with E-state index in [1.165, 1.54) is 12.1 Å². The molecule has 0 aliphatic carbocycles. The lowest BCUT2D eigenvalue weighted by Crippen LogP contribution is -2.36. The van der Waals surface area contributed by atoms with E-state index in [2.05, 4.69) is 5.32 Å². The first-order chi connectivity index (χ1) is 8.93. The molecule has 1 unspecified atom stereocenters. The Bertz CT molecular complexity index is 485. The molecule has 1 rings (SSSR count). The molecule has 0 saturated carbocycles. The van der Waals surface area contributed by atoms with Crippen LogP contribution in [0.4, 0.5) is 5.00 Å². The number of carboxylic acids is 1. The fourth-order valence-electron chi connectivity index (χ4n) is 1.59. The van der Waals surface area contributed by atoms with E-state index in [0.29, 0.717) is 6.42 Å². The van der Waals surface area contributed by atoms with Crippen molar-refractivity contribution in [2.24, 2.45) is 0 Å². The molecule has 1 heterocycles. The Morgan fingerprint density at radius 1 is 1.53 bits per heavy atom. The number of carbonyl (C=O) groups is 2. The van der Waals surface area contributed by atoms with E-state index in [1.807, 2.05) is 6.92 Å². The third kappa shape index (κ3) is 4.66. The van der Waals surface area contributed by atoms with Crippen molar-refractivity contribution in [3.63, 3.8) is 0 Å². The maximum absolute atomic E-state index is 11.8. The molecule has 1 aromatic heterocycles. The number of hydrogen-bond donors (Lipinski definition) is 2. The van der Waals surface area contributed by atoms with Crippen molar-refractivity contribution in [2.45, 2.75) is 32.2 Å². The van der Waals surface area contributed by atoms with E-state index in [1.54, 1.807) is 0 Å². The van der Waals surface area contributed by atoms with Gasteiger partial charge in [0.25, 0.3) is 5.91 Å². The van der Waals surface area contributed by atoms with Crippen LogP contribution >= 0.6 is 11.3 Å². The average molecular weight is 286 g/mol. The van der Waals surface area contributed by atoms with E-state index in [0.717, 1.165) is 17.8 Å². The van der Waals surface area contributed by atoms with E-state index in [9.17, 15) is 19.7 Å². The molecular weight excluding hydrogens is 272 g/mol. The van der Waals surface area contributed by atoms with Gasteiger partial charge in [0.05, 0.1) is 16.2 Å². The van der Waals surface area contributed by atoms with Gasteiger partial charge in [0.1, 0.15) is 0 Å². The van der Waals surface area contributed by atoms with Gasteiger partial charge in [-0.25, -0.2) is 0 Å². The monoisotopic (exact) mass is 286 g/mol. The zero-order chi connectivity index (χ0) is 14.4. The molecule has 8 heteroatoms. The summed E-state index contributed by atoms with van der Waals surface area (Å²) < 4.78 is 0. The first-order valence-corrected chi connectivity index (χ1v) is 6.52. The molecule has 7 nitrogen and oxygen atoms in total. The van der Waals surface area contributed by atoms with Gasteiger partial charge in [-0.3, -0.25) is 19.7 Å². The quantitative estimate of drug-likeness (QED) is 0.588. The van der Waals surface area contributed by atoms with Gasteiger partial charge in [-0.15, -0.1) is 0 Å². The van der Waals surface area contributed by atoms with Crippen LogP contribution in [-0.2, 0) is 4.79 Å². The Morgan fingerprint density at radius 2 is 2.21 bits per heavy atom. The molecule has 1 aromatic rings. The molecule has 0 saturated heterocycles. The molecule has 0 bridgehead atoms. The molecule has 0 radical (unpaired) electrons. The zero-order valence-electron chi connectivity index (χ0n) is 10.3. The number of nitrogens with zero attached hydrogens (tertiary/aromatic N) is 1. The summed E-state index contributed by atoms with van der Waals surface area (Å²) in [6.45, 7) is 1.89. The van der Waals surface area contributed by atoms with Gasteiger partial charge >= 0.3 is 11.0 Å². The molecule has 104 valence electrons. The highest BCUT2D eigenvalue weighted by Crippen LogP contribution is 2.23. The number of aliphatic carboxylic acids is 1. The van der Waals surface area contributed by atoms with Crippen molar-refractivity contribution in [3.05, 3.63) is 27.1 Å². The van der Waals surface area contributed by atoms with Crippen LogP contribution in [0.25, 0.3) is 0 Å². The SMILES string of the molecule is CCCC(CC(=O)O)NC(=O)c1ccc([N+](=O)[O-])s1. The number of thiophene rings is 1. The number of amides is 1. The lowest BCUT2D eigenvalue weighted by Gasteiger charge is -2.15. The second-order valence-electron chi connectivity index (χ2n) is 3.95. The smallest absolute Gasteiger partial charge is 0.324 e. The Hall–Kier alpha value is -1.96. The van der Waals surface area contributed by atoms with Gasteiger partial charge in [-0.1, -0.05) is 24.7 Å². The molecule has 0 fully saturated rings. The van der Waals surface area contributed by atoms with Crippen LogP contribution in [0.2, 0.25) is 0 Å². The van der Waals surface area contributed by atoms with Crippen LogP contribution in [-0.4, -0.2) is 27.9 Å². The predicted octanol–water partition coefficient (Wildman–Crippen LogP) is 2.03. The van der Waals surface area contributed by atoms with Crippen molar-refractivity contribution in [1.82, 2.24) is 5.32 Å². The summed E-state index contributed by atoms with van der Waals surface area (Å²) in [5, 5.41) is 21.7. The predicted molar refractivity (Wildman–Crippen MR) is 69.4 cm³/mol. The summed E-state index contributed by atoms with van der Waals surface area (Å²) in [6, 6.07) is 2.16. The maximum atomic E-state index is 11.8. The van der Waals surface area contributed by atoms with Gasteiger partial charge < -0.3 is 10.4 Å². The summed E-state index contributed by atoms with van der Waals surface area (Å²) in [5.74, 6) is -1.46. The topological polar surface area (TPSA) is 110 Å². The van der Waals surface area contributed by atoms with E-state index >= 15 is 0 Å². The minimum absolute atomic E-state index is 0.115. The summed E-state index contributed by atoms with van der Waals surface area (Å²) in [7, 11) is 0. The molecule has 0 aliphatic rings. The number of hydrogen-bond acceptors (Lipinski definition) is 5. The molecule has 1 amide bonds. The largest absolute Gasteiger partial charge is 0.481 e. The third-order valence-corrected chi connectivity index (χ3v) is 3.42. The Labute approximate surface area is 113 Å². The van der Waals surface area contributed by atoms with Crippen molar-refractivity contribution >= 4 is 28.2 Å². The van der Waals surface area contributed by atoms with Crippen LogP contribution < -0.4 is 5.32 Å². The van der Waals surface area contributed by atoms with Crippen molar-refractivity contribution in [1.29, 1.82) is 0 Å². The normalized spacial score (nSPS) is 11.8. The number of carboxylic acid groups (broad SMARTS) is 1. The summed E-state index contributed by atoms with van der Waals surface area (Å²) in [5.41, 5.74) is 0. The van der Waals surface area contributed by atoms with Crippen LogP contribution in [0.1, 0.15) is 35.9 Å². The van der Waals surface area contributed by atoms with Gasteiger partial charge in [-0.05, 0) is 12.5 Å². The van der Waals surface area contributed by atoms with E-state index < -0.39 is 22.8 Å². The molecule has 1 atom stereocenters. The van der Waals surface area contributed by atoms with E-state index in [4.69, 9.17) is 5.11 Å². The molecular formula is C11H14N2O5S. The first kappa shape index (κ1) is 15.1. The lowest BCUT2D eigenvalue weighted by molar-refractivity contribution is -0.380. The van der Waals surface area contributed by atoms with Crippen molar-refractivity contribution < 1.29 is 19.6 Å². The third-order valence-electron chi connectivity index (χ3n) is 2.39. The summed E-state index contributed by atoms with van der Waals surface area (Å²) in [6.07, 6.45) is 1.13. The van der Waals surface area contributed by atoms with Gasteiger partial charge in [-0.2, -0.15) is 0 Å². The standard InChI is InChI=1S/C11H14N2O5S/c1-2-3-7(6-10(14)15)12-11(16)8-4-5-9(19-8)13(17)18/h4-5,7H,2-3,6H2,1H3,(H,12,16)(H,14,15). The molecule has 2 N–H and O–H groups in total. The first-order valence-electron chi connectivity index (χ1n) is 5.71. The lowest BCUT2D eigenvalue weighted by atomic mass is 10.1. The van der Waals surface area contributed by atoms with Gasteiger partial charge in [0.15, 0.2) is 0 Å². The fourth-order valence-corrected chi connectivity index (χ4v) is 2.31. The number of rotatable bonds is 7. The number of nitro groups is 1. The van der Waals surface area contributed by atoms with Gasteiger partial charge in [0, 0.05) is 12.1 Å². The average Bonchev–Trinajstić information content (AvgIpc) is 2.77. The Kier molecular flexibility index (Phi) is 5.43. The highest BCUT2D eigenvalue weighted by molar-refractivity contribution is 7.17. The Balaban J connectivity index is 2.69. The van der Waals surface area contributed by atoms with Crippen LogP contribution in [0, 0.1) is 10.1 Å². The van der Waals surface area contributed by atoms with Crippen LogP contribution in [0.5, 0.6) is 0 Å². The summed E-state index contributed by atoms with van der Waals surface area (Å²) in [4.78, 5) is 32.6. The van der Waals surface area contributed by atoms with Crippen molar-refractivity contribution in [2.75, 3.05) is 0 Å². The second-order valence-corrected chi connectivity index (χ2v) is 5.01. The molecule has 0 aliphatic heterocycles.